The summed E-state index contributed by atoms with van der Waals surface area (Å²) in [7, 11) is -3.43. The molecule has 2 aromatic carbocycles. The van der Waals surface area contributed by atoms with E-state index in [1.54, 1.807) is 0 Å². The number of ether oxygens (including phenoxy) is 1. The van der Waals surface area contributed by atoms with E-state index >= 15 is 0 Å². The summed E-state index contributed by atoms with van der Waals surface area (Å²) in [5.41, 5.74) is 3.58. The van der Waals surface area contributed by atoms with Crippen LogP contribution in [0.25, 0.3) is 11.1 Å². The van der Waals surface area contributed by atoms with Crippen LogP contribution in [0.15, 0.2) is 48.5 Å². The minimum Gasteiger partial charge on any atom is -0.491 e. The molecule has 130 valence electrons. The van der Waals surface area contributed by atoms with E-state index in [4.69, 9.17) is 4.74 Å². The predicted molar refractivity (Wildman–Crippen MR) is 96.9 cm³/mol. The quantitative estimate of drug-likeness (QED) is 0.585. The van der Waals surface area contributed by atoms with Gasteiger partial charge in [-0.15, -0.1) is 0 Å². The Hall–Kier alpha value is -1.85. The van der Waals surface area contributed by atoms with Crippen LogP contribution in [0.1, 0.15) is 26.3 Å². The Balaban J connectivity index is 2.04. The van der Waals surface area contributed by atoms with Crippen molar-refractivity contribution < 1.29 is 17.3 Å². The maximum absolute atomic E-state index is 10.9. The topological polar surface area (TPSA) is 52.6 Å². The Bertz CT molecular complexity index is 772. The highest BCUT2D eigenvalue weighted by Crippen LogP contribution is 2.27. The Morgan fingerprint density at radius 3 is 2.17 bits per heavy atom. The molecule has 0 spiro atoms. The molecule has 0 bridgehead atoms. The highest BCUT2D eigenvalue weighted by molar-refractivity contribution is 7.85. The first-order valence-corrected chi connectivity index (χ1v) is 9.65. The molecule has 0 heterocycles. The Morgan fingerprint density at radius 1 is 0.917 bits per heavy atom. The third-order valence-corrected chi connectivity index (χ3v) is 4.16. The second-order valence-electron chi connectivity index (χ2n) is 6.73. The molecule has 0 fully saturated rings. The molecule has 0 N–H and O–H groups in total. The largest absolute Gasteiger partial charge is 0.491 e. The highest BCUT2D eigenvalue weighted by Gasteiger charge is 2.13. The first-order chi connectivity index (χ1) is 11.1. The Labute approximate surface area is 144 Å². The van der Waals surface area contributed by atoms with Crippen LogP contribution in [0.5, 0.6) is 5.75 Å². The van der Waals surface area contributed by atoms with E-state index in [1.807, 2.05) is 24.3 Å². The molecule has 0 aliphatic heterocycles. The summed E-state index contributed by atoms with van der Waals surface area (Å²) in [4.78, 5) is 0. The summed E-state index contributed by atoms with van der Waals surface area (Å²) in [6.07, 6.45) is 1.02. The van der Waals surface area contributed by atoms with Crippen molar-refractivity contribution in [3.05, 3.63) is 54.1 Å². The van der Waals surface area contributed by atoms with Crippen LogP contribution in [0.2, 0.25) is 0 Å². The second kappa shape index (κ2) is 7.36. The zero-order valence-corrected chi connectivity index (χ0v) is 15.4. The van der Waals surface area contributed by atoms with Crippen molar-refractivity contribution in [2.75, 3.05) is 19.5 Å². The maximum Gasteiger partial charge on any atom is 0.264 e. The van der Waals surface area contributed by atoms with Crippen LogP contribution in [-0.2, 0) is 19.7 Å². The lowest BCUT2D eigenvalue weighted by molar-refractivity contribution is 0.222. The molecule has 2 rings (SSSR count). The molecule has 4 nitrogen and oxygen atoms in total. The van der Waals surface area contributed by atoms with E-state index in [0.717, 1.165) is 17.4 Å². The monoisotopic (exact) mass is 348 g/mol. The maximum atomic E-state index is 10.9. The molecule has 2 aromatic rings. The van der Waals surface area contributed by atoms with Gasteiger partial charge in [-0.1, -0.05) is 57.2 Å². The fraction of sp³-hybridized carbons (Fsp3) is 0.368. The third kappa shape index (κ3) is 5.65. The number of hydrogen-bond donors (Lipinski definition) is 0. The van der Waals surface area contributed by atoms with Gasteiger partial charge >= 0.3 is 0 Å². The van der Waals surface area contributed by atoms with Crippen molar-refractivity contribution in [2.24, 2.45) is 0 Å². The molecular formula is C19H24O4S. The lowest BCUT2D eigenvalue weighted by atomic mass is 9.86. The van der Waals surface area contributed by atoms with E-state index in [1.165, 1.54) is 5.56 Å². The molecule has 0 saturated heterocycles. The number of rotatable bonds is 6. The van der Waals surface area contributed by atoms with Gasteiger partial charge < -0.3 is 4.74 Å². The standard InChI is InChI=1S/C19H24O4S/c1-19(2,3)17-10-8-15(9-11-17)16-6-5-7-18(14-16)22-12-13-23-24(4,20)21/h5-11,14H,12-13H2,1-4H3. The van der Waals surface area contributed by atoms with Crippen molar-refractivity contribution in [3.63, 3.8) is 0 Å². The summed E-state index contributed by atoms with van der Waals surface area (Å²) >= 11 is 0. The summed E-state index contributed by atoms with van der Waals surface area (Å²) in [6.45, 7) is 6.75. The molecule has 0 radical (unpaired) electrons. The van der Waals surface area contributed by atoms with E-state index < -0.39 is 10.1 Å². The zero-order chi connectivity index (χ0) is 17.8. The lowest BCUT2D eigenvalue weighted by Crippen LogP contribution is -2.11. The molecule has 0 atom stereocenters. The van der Waals surface area contributed by atoms with Gasteiger partial charge in [0.25, 0.3) is 10.1 Å². The number of benzene rings is 2. The van der Waals surface area contributed by atoms with Gasteiger partial charge in [-0.05, 0) is 34.2 Å². The van der Waals surface area contributed by atoms with Crippen LogP contribution in [0.4, 0.5) is 0 Å². The van der Waals surface area contributed by atoms with Gasteiger partial charge in [0, 0.05) is 0 Å². The van der Waals surface area contributed by atoms with Crippen molar-refractivity contribution in [2.45, 2.75) is 26.2 Å². The van der Waals surface area contributed by atoms with Crippen molar-refractivity contribution >= 4 is 10.1 Å². The van der Waals surface area contributed by atoms with Gasteiger partial charge in [0.2, 0.25) is 0 Å². The summed E-state index contributed by atoms with van der Waals surface area (Å²) in [6, 6.07) is 16.2. The Morgan fingerprint density at radius 2 is 1.58 bits per heavy atom. The Kier molecular flexibility index (Phi) is 5.67. The summed E-state index contributed by atoms with van der Waals surface area (Å²) in [5.74, 6) is 0.685. The van der Waals surface area contributed by atoms with Gasteiger partial charge in [-0.2, -0.15) is 8.42 Å². The SMILES string of the molecule is CC(C)(C)c1ccc(-c2cccc(OCCOS(C)(=O)=O)c2)cc1. The third-order valence-electron chi connectivity index (χ3n) is 3.57. The average Bonchev–Trinajstić information content (AvgIpc) is 2.50. The molecule has 0 saturated carbocycles. The second-order valence-corrected chi connectivity index (χ2v) is 8.37. The molecule has 0 aliphatic carbocycles. The molecule has 24 heavy (non-hydrogen) atoms. The zero-order valence-electron chi connectivity index (χ0n) is 14.6. The van der Waals surface area contributed by atoms with Gasteiger partial charge in [-0.25, -0.2) is 0 Å². The smallest absolute Gasteiger partial charge is 0.264 e. The molecule has 0 unspecified atom stereocenters. The minimum atomic E-state index is -3.43. The van der Waals surface area contributed by atoms with E-state index in [0.29, 0.717) is 5.75 Å². The fourth-order valence-corrected chi connectivity index (χ4v) is 2.64. The van der Waals surface area contributed by atoms with Gasteiger partial charge in [0.15, 0.2) is 0 Å². The van der Waals surface area contributed by atoms with Crippen LogP contribution in [-0.4, -0.2) is 27.9 Å². The molecule has 0 aliphatic rings. The van der Waals surface area contributed by atoms with Crippen molar-refractivity contribution in [1.82, 2.24) is 0 Å². The first kappa shape index (κ1) is 18.5. The van der Waals surface area contributed by atoms with Crippen molar-refractivity contribution in [3.8, 4) is 16.9 Å². The number of hydrogen-bond acceptors (Lipinski definition) is 4. The van der Waals surface area contributed by atoms with Crippen LogP contribution in [0.3, 0.4) is 0 Å². The van der Waals surface area contributed by atoms with Gasteiger partial charge in [-0.3, -0.25) is 4.18 Å². The molecular weight excluding hydrogens is 324 g/mol. The summed E-state index contributed by atoms with van der Waals surface area (Å²) in [5, 5.41) is 0. The minimum absolute atomic E-state index is 0.00331. The van der Waals surface area contributed by atoms with Crippen molar-refractivity contribution in [1.29, 1.82) is 0 Å². The first-order valence-electron chi connectivity index (χ1n) is 7.83. The molecule has 5 heteroatoms. The van der Waals surface area contributed by atoms with E-state index in [2.05, 4.69) is 49.2 Å². The van der Waals surface area contributed by atoms with E-state index in [9.17, 15) is 8.42 Å². The van der Waals surface area contributed by atoms with Crippen LogP contribution in [0, 0.1) is 0 Å². The molecule has 0 amide bonds. The highest BCUT2D eigenvalue weighted by atomic mass is 32.2. The lowest BCUT2D eigenvalue weighted by Gasteiger charge is -2.19. The average molecular weight is 348 g/mol. The summed E-state index contributed by atoms with van der Waals surface area (Å²) < 4.78 is 32.0. The van der Waals surface area contributed by atoms with Crippen LogP contribution >= 0.6 is 0 Å². The predicted octanol–water partition coefficient (Wildman–Crippen LogP) is 4.01. The van der Waals surface area contributed by atoms with E-state index in [-0.39, 0.29) is 18.6 Å². The van der Waals surface area contributed by atoms with Gasteiger partial charge in [0.1, 0.15) is 19.0 Å². The van der Waals surface area contributed by atoms with Crippen LogP contribution < -0.4 is 4.74 Å². The fourth-order valence-electron chi connectivity index (χ4n) is 2.27. The molecule has 0 aromatic heterocycles. The normalized spacial score (nSPS) is 12.2. The van der Waals surface area contributed by atoms with Gasteiger partial charge in [0.05, 0.1) is 6.26 Å².